The molecule has 0 spiro atoms. The van der Waals surface area contributed by atoms with Crippen LogP contribution in [0.3, 0.4) is 0 Å². The minimum Gasteiger partial charge on any atom is -0.503 e. The highest BCUT2D eigenvalue weighted by Crippen LogP contribution is 2.15. The smallest absolute Gasteiger partial charge is 0.290 e. The van der Waals surface area contributed by atoms with Crippen molar-refractivity contribution in [3.63, 3.8) is 0 Å². The fourth-order valence-corrected chi connectivity index (χ4v) is 1.65. The van der Waals surface area contributed by atoms with Crippen molar-refractivity contribution in [3.8, 4) is 5.75 Å². The van der Waals surface area contributed by atoms with E-state index in [0.29, 0.717) is 15.9 Å². The monoisotopic (exact) mass is 237 g/mol. The van der Waals surface area contributed by atoms with Crippen LogP contribution < -0.4 is 11.0 Å². The highest BCUT2D eigenvalue weighted by Gasteiger charge is 2.08. The molecule has 0 bridgehead atoms. The summed E-state index contributed by atoms with van der Waals surface area (Å²) < 4.78 is 0. The largest absolute Gasteiger partial charge is 0.503 e. The van der Waals surface area contributed by atoms with E-state index in [0.717, 1.165) is 0 Å². The highest BCUT2D eigenvalue weighted by atomic mass is 35.5. The Bertz CT molecular complexity index is 691. The molecule has 82 valence electrons. The van der Waals surface area contributed by atoms with Gasteiger partial charge in [0, 0.05) is 16.0 Å². The fraction of sp³-hybridized carbons (Fsp3) is 0.0909. The van der Waals surface area contributed by atoms with Gasteiger partial charge in [-0.05, 0) is 25.1 Å². The third kappa shape index (κ3) is 1.57. The second kappa shape index (κ2) is 3.64. The topological polar surface area (TPSA) is 70.2 Å². The molecule has 5 heteroatoms. The zero-order valence-electron chi connectivity index (χ0n) is 8.37. The van der Waals surface area contributed by atoms with Gasteiger partial charge in [-0.15, -0.1) is 0 Å². The second-order valence-corrected chi connectivity index (χ2v) is 3.88. The Morgan fingerprint density at radius 3 is 2.69 bits per heavy atom. The standard InChI is InChI=1S/C11H8ClNO3/c1-5-9(14)7-3-2-6(12)4-8(7)13-11(16)10(5)15/h2-4,15H,1H3,(H,13,16). The SMILES string of the molecule is Cc1c(O)c(=O)[nH]c2cc(Cl)ccc2c1=O. The van der Waals surface area contributed by atoms with Crippen LogP contribution in [0.2, 0.25) is 5.02 Å². The zero-order valence-corrected chi connectivity index (χ0v) is 9.13. The van der Waals surface area contributed by atoms with Gasteiger partial charge in [0.1, 0.15) is 0 Å². The first kappa shape index (κ1) is 10.7. The number of hydrogen-bond acceptors (Lipinski definition) is 3. The molecule has 0 amide bonds. The van der Waals surface area contributed by atoms with Crippen LogP contribution in [0.4, 0.5) is 0 Å². The number of benzene rings is 1. The molecule has 0 radical (unpaired) electrons. The van der Waals surface area contributed by atoms with Crippen molar-refractivity contribution in [2.24, 2.45) is 0 Å². The molecule has 0 aliphatic heterocycles. The molecular formula is C11H8ClNO3. The Morgan fingerprint density at radius 2 is 2.00 bits per heavy atom. The van der Waals surface area contributed by atoms with Gasteiger partial charge in [-0.1, -0.05) is 11.6 Å². The maximum absolute atomic E-state index is 11.9. The van der Waals surface area contributed by atoms with Gasteiger partial charge >= 0.3 is 0 Å². The summed E-state index contributed by atoms with van der Waals surface area (Å²) >= 11 is 5.76. The lowest BCUT2D eigenvalue weighted by molar-refractivity contribution is 0.463. The van der Waals surface area contributed by atoms with Gasteiger partial charge in [0.05, 0.1) is 5.52 Å². The number of H-pyrrole nitrogens is 1. The zero-order chi connectivity index (χ0) is 11.9. The molecule has 0 aliphatic carbocycles. The summed E-state index contributed by atoms with van der Waals surface area (Å²) in [6, 6.07) is 4.54. The number of aromatic nitrogens is 1. The van der Waals surface area contributed by atoms with Crippen LogP contribution in [0.1, 0.15) is 5.56 Å². The van der Waals surface area contributed by atoms with Crippen molar-refractivity contribution in [2.75, 3.05) is 0 Å². The molecule has 2 N–H and O–H groups in total. The Labute approximate surface area is 95.1 Å². The molecule has 2 rings (SSSR count). The number of rotatable bonds is 0. The average Bonchev–Trinajstić information content (AvgIpc) is 2.32. The van der Waals surface area contributed by atoms with E-state index >= 15 is 0 Å². The maximum atomic E-state index is 11.9. The molecule has 1 aromatic heterocycles. The highest BCUT2D eigenvalue weighted by molar-refractivity contribution is 6.31. The van der Waals surface area contributed by atoms with Gasteiger partial charge in [-0.2, -0.15) is 0 Å². The lowest BCUT2D eigenvalue weighted by atomic mass is 10.2. The quantitative estimate of drug-likeness (QED) is 0.731. The molecule has 0 atom stereocenters. The third-order valence-electron chi connectivity index (χ3n) is 2.39. The van der Waals surface area contributed by atoms with E-state index in [1.165, 1.54) is 19.1 Å². The summed E-state index contributed by atoms with van der Waals surface area (Å²) in [7, 11) is 0. The molecule has 0 saturated carbocycles. The molecule has 1 aromatic carbocycles. The molecule has 0 fully saturated rings. The Balaban J connectivity index is 3.16. The van der Waals surface area contributed by atoms with Gasteiger partial charge in [-0.25, -0.2) is 0 Å². The van der Waals surface area contributed by atoms with Crippen molar-refractivity contribution in [3.05, 3.63) is 49.4 Å². The number of fused-ring (bicyclic) bond motifs is 1. The first-order valence-electron chi connectivity index (χ1n) is 4.56. The summed E-state index contributed by atoms with van der Waals surface area (Å²) in [5, 5.41) is 10.2. The molecule has 2 aromatic rings. The van der Waals surface area contributed by atoms with Crippen molar-refractivity contribution in [1.29, 1.82) is 0 Å². The van der Waals surface area contributed by atoms with Crippen molar-refractivity contribution < 1.29 is 5.11 Å². The summed E-state index contributed by atoms with van der Waals surface area (Å²) in [5.41, 5.74) is -0.751. The number of halogens is 1. The molecule has 1 heterocycles. The molecular weight excluding hydrogens is 230 g/mol. The van der Waals surface area contributed by atoms with Gasteiger partial charge < -0.3 is 10.1 Å². The van der Waals surface area contributed by atoms with Crippen LogP contribution in [-0.2, 0) is 0 Å². The van der Waals surface area contributed by atoms with E-state index in [9.17, 15) is 14.7 Å². The summed E-state index contributed by atoms with van der Waals surface area (Å²) in [4.78, 5) is 25.7. The van der Waals surface area contributed by atoms with Gasteiger partial charge in [-0.3, -0.25) is 9.59 Å². The summed E-state index contributed by atoms with van der Waals surface area (Å²) in [5.74, 6) is -0.558. The lowest BCUT2D eigenvalue weighted by Gasteiger charge is -1.92. The normalized spacial score (nSPS) is 10.6. The van der Waals surface area contributed by atoms with Crippen molar-refractivity contribution >= 4 is 22.5 Å². The second-order valence-electron chi connectivity index (χ2n) is 3.45. The number of aromatic hydroxyl groups is 1. The van der Waals surface area contributed by atoms with Gasteiger partial charge in [0.25, 0.3) is 5.56 Å². The van der Waals surface area contributed by atoms with E-state index in [1.807, 2.05) is 0 Å². The summed E-state index contributed by atoms with van der Waals surface area (Å²) in [6.07, 6.45) is 0. The van der Waals surface area contributed by atoms with Crippen LogP contribution in [0, 0.1) is 6.92 Å². The maximum Gasteiger partial charge on any atom is 0.290 e. The van der Waals surface area contributed by atoms with E-state index < -0.39 is 11.3 Å². The van der Waals surface area contributed by atoms with Crippen molar-refractivity contribution in [1.82, 2.24) is 4.98 Å². The van der Waals surface area contributed by atoms with Gasteiger partial charge in [0.15, 0.2) is 11.2 Å². The first-order chi connectivity index (χ1) is 7.50. The lowest BCUT2D eigenvalue weighted by Crippen LogP contribution is -2.05. The van der Waals surface area contributed by atoms with Crippen LogP contribution in [0.15, 0.2) is 27.8 Å². The Morgan fingerprint density at radius 1 is 1.31 bits per heavy atom. The number of nitrogens with one attached hydrogen (secondary N) is 1. The predicted molar refractivity (Wildman–Crippen MR) is 62.3 cm³/mol. The fourth-order valence-electron chi connectivity index (χ4n) is 1.48. The van der Waals surface area contributed by atoms with Gasteiger partial charge in [0.2, 0.25) is 0 Å². The third-order valence-corrected chi connectivity index (χ3v) is 2.62. The van der Waals surface area contributed by atoms with E-state index in [2.05, 4.69) is 4.98 Å². The molecule has 0 unspecified atom stereocenters. The minimum absolute atomic E-state index is 0.0265. The van der Waals surface area contributed by atoms with Crippen LogP contribution in [0.25, 0.3) is 10.9 Å². The van der Waals surface area contributed by atoms with Crippen molar-refractivity contribution in [2.45, 2.75) is 6.92 Å². The molecule has 16 heavy (non-hydrogen) atoms. The Kier molecular flexibility index (Phi) is 2.44. The van der Waals surface area contributed by atoms with Crippen LogP contribution >= 0.6 is 11.6 Å². The number of aromatic amines is 1. The first-order valence-corrected chi connectivity index (χ1v) is 4.94. The number of hydrogen-bond donors (Lipinski definition) is 2. The minimum atomic E-state index is -0.702. The molecule has 4 nitrogen and oxygen atoms in total. The van der Waals surface area contributed by atoms with Crippen LogP contribution in [-0.4, -0.2) is 10.1 Å². The molecule has 0 saturated heterocycles. The van der Waals surface area contributed by atoms with Crippen LogP contribution in [0.5, 0.6) is 5.75 Å². The Hall–Kier alpha value is -1.81. The van der Waals surface area contributed by atoms with E-state index in [-0.39, 0.29) is 11.0 Å². The van der Waals surface area contributed by atoms with E-state index in [4.69, 9.17) is 11.6 Å². The summed E-state index contributed by atoms with van der Waals surface area (Å²) in [6.45, 7) is 1.40. The van der Waals surface area contributed by atoms with E-state index in [1.54, 1.807) is 6.07 Å². The molecule has 0 aliphatic rings. The average molecular weight is 238 g/mol. The predicted octanol–water partition coefficient (Wildman–Crippen LogP) is 1.56.